The van der Waals surface area contributed by atoms with Crippen LogP contribution >= 0.6 is 0 Å². The highest BCUT2D eigenvalue weighted by Crippen LogP contribution is 2.39. The van der Waals surface area contributed by atoms with Crippen LogP contribution in [0.2, 0.25) is 18.1 Å². The Morgan fingerprint density at radius 3 is 2.35 bits per heavy atom. The first-order valence-corrected chi connectivity index (χ1v) is 9.79. The Bertz CT molecular complexity index is 355. The maximum absolute atomic E-state index is 11.3. The van der Waals surface area contributed by atoms with Crippen LogP contribution in [0.15, 0.2) is 0 Å². The van der Waals surface area contributed by atoms with E-state index in [0.29, 0.717) is 0 Å². The normalized spacial score (nSPS) is 31.4. The van der Waals surface area contributed by atoms with Crippen molar-refractivity contribution in [3.8, 4) is 0 Å². The summed E-state index contributed by atoms with van der Waals surface area (Å²) in [6.07, 6.45) is -2.45. The molecule has 7 heteroatoms. The Morgan fingerprint density at radius 2 is 1.95 bits per heavy atom. The molecular formula is C13H27NO5Si. The van der Waals surface area contributed by atoms with Crippen LogP contribution in [0.3, 0.4) is 0 Å². The van der Waals surface area contributed by atoms with E-state index in [1.165, 1.54) is 6.92 Å². The average molecular weight is 305 g/mol. The zero-order chi connectivity index (χ0) is 15.7. The van der Waals surface area contributed by atoms with Gasteiger partial charge in [-0.05, 0) is 18.1 Å². The van der Waals surface area contributed by atoms with Crippen molar-refractivity contribution < 1.29 is 24.2 Å². The standard InChI is InChI=1S/C13H27NO5Si/c1-8(16)14-10-9(7-15)18-12(17)11(10)19-20(5,6)13(2,3)4/h9-12,15,17H,7H2,1-6H3,(H,14,16)/t9-,10-,11-,12-/m1/s1. The average Bonchev–Trinajstić information content (AvgIpc) is 2.54. The van der Waals surface area contributed by atoms with Crippen molar-refractivity contribution in [1.29, 1.82) is 0 Å². The molecule has 1 fully saturated rings. The number of nitrogens with one attached hydrogen (secondary N) is 1. The lowest BCUT2D eigenvalue weighted by molar-refractivity contribution is -0.130. The summed E-state index contributed by atoms with van der Waals surface area (Å²) in [6.45, 7) is 11.5. The molecule has 1 rings (SSSR count). The zero-order valence-electron chi connectivity index (χ0n) is 13.1. The lowest BCUT2D eigenvalue weighted by Crippen LogP contribution is -2.54. The molecule has 0 aromatic heterocycles. The Kier molecular flexibility index (Phi) is 5.37. The number of rotatable bonds is 4. The number of aliphatic hydroxyl groups excluding tert-OH is 2. The second-order valence-corrected chi connectivity index (χ2v) is 11.6. The van der Waals surface area contributed by atoms with Gasteiger partial charge in [-0.1, -0.05) is 20.8 Å². The summed E-state index contributed by atoms with van der Waals surface area (Å²) in [5.41, 5.74) is 0. The highest BCUT2D eigenvalue weighted by atomic mass is 28.4. The molecule has 6 nitrogen and oxygen atoms in total. The van der Waals surface area contributed by atoms with E-state index in [9.17, 15) is 15.0 Å². The number of aliphatic hydroxyl groups is 2. The molecule has 0 aromatic rings. The van der Waals surface area contributed by atoms with Gasteiger partial charge < -0.3 is 24.7 Å². The van der Waals surface area contributed by atoms with Gasteiger partial charge in [0.1, 0.15) is 12.2 Å². The van der Waals surface area contributed by atoms with Gasteiger partial charge in [0.25, 0.3) is 0 Å². The molecule has 0 aromatic carbocycles. The monoisotopic (exact) mass is 305 g/mol. The van der Waals surface area contributed by atoms with E-state index in [2.05, 4.69) is 39.2 Å². The van der Waals surface area contributed by atoms with E-state index in [4.69, 9.17) is 9.16 Å². The molecule has 1 saturated heterocycles. The van der Waals surface area contributed by atoms with Gasteiger partial charge in [0.05, 0.1) is 12.6 Å². The summed E-state index contributed by atoms with van der Waals surface area (Å²) in [4.78, 5) is 11.3. The van der Waals surface area contributed by atoms with Crippen molar-refractivity contribution in [2.45, 2.75) is 70.4 Å². The fourth-order valence-electron chi connectivity index (χ4n) is 1.94. The van der Waals surface area contributed by atoms with Crippen molar-refractivity contribution >= 4 is 14.2 Å². The Balaban J connectivity index is 2.92. The molecule has 0 radical (unpaired) electrons. The van der Waals surface area contributed by atoms with Crippen LogP contribution in [0, 0.1) is 0 Å². The Morgan fingerprint density at radius 1 is 1.40 bits per heavy atom. The highest BCUT2D eigenvalue weighted by Gasteiger charge is 2.49. The van der Waals surface area contributed by atoms with Crippen molar-refractivity contribution in [3.63, 3.8) is 0 Å². The van der Waals surface area contributed by atoms with Gasteiger partial charge in [0.2, 0.25) is 5.91 Å². The molecule has 4 atom stereocenters. The minimum Gasteiger partial charge on any atom is -0.407 e. The van der Waals surface area contributed by atoms with Crippen molar-refractivity contribution in [3.05, 3.63) is 0 Å². The van der Waals surface area contributed by atoms with Crippen LogP contribution in [0.1, 0.15) is 27.7 Å². The zero-order valence-corrected chi connectivity index (χ0v) is 14.1. The van der Waals surface area contributed by atoms with Crippen molar-refractivity contribution in [1.82, 2.24) is 5.32 Å². The number of carbonyl (C=O) groups excluding carboxylic acids is 1. The number of hydrogen-bond acceptors (Lipinski definition) is 5. The van der Waals surface area contributed by atoms with Gasteiger partial charge in [0, 0.05) is 6.92 Å². The van der Waals surface area contributed by atoms with Crippen LogP contribution < -0.4 is 5.32 Å². The number of carbonyl (C=O) groups is 1. The minimum atomic E-state index is -2.12. The minimum absolute atomic E-state index is 0.0230. The van der Waals surface area contributed by atoms with Gasteiger partial charge in [-0.15, -0.1) is 0 Å². The SMILES string of the molecule is CC(=O)N[C@H]1[C@@H](O[Si](C)(C)C(C)(C)C)[C@H](O)O[C@@H]1CO. The third-order valence-electron chi connectivity index (χ3n) is 4.14. The van der Waals surface area contributed by atoms with E-state index in [-0.39, 0.29) is 17.6 Å². The highest BCUT2D eigenvalue weighted by molar-refractivity contribution is 6.74. The third kappa shape index (κ3) is 3.79. The summed E-state index contributed by atoms with van der Waals surface area (Å²) < 4.78 is 11.4. The van der Waals surface area contributed by atoms with Crippen LogP contribution in [0.4, 0.5) is 0 Å². The molecule has 1 heterocycles. The summed E-state index contributed by atoms with van der Waals surface area (Å²) >= 11 is 0. The van der Waals surface area contributed by atoms with E-state index < -0.39 is 32.9 Å². The van der Waals surface area contributed by atoms with Gasteiger partial charge in [-0.3, -0.25) is 4.79 Å². The van der Waals surface area contributed by atoms with Gasteiger partial charge >= 0.3 is 0 Å². The second kappa shape index (κ2) is 6.11. The fraction of sp³-hybridized carbons (Fsp3) is 0.923. The summed E-state index contributed by atoms with van der Waals surface area (Å²) in [6, 6.07) is -0.540. The molecule has 118 valence electrons. The van der Waals surface area contributed by atoms with Crippen LogP contribution in [0.5, 0.6) is 0 Å². The molecule has 3 N–H and O–H groups in total. The summed E-state index contributed by atoms with van der Waals surface area (Å²) in [7, 11) is -2.12. The molecule has 0 unspecified atom stereocenters. The fourth-order valence-corrected chi connectivity index (χ4v) is 3.24. The van der Waals surface area contributed by atoms with E-state index in [1.807, 2.05) is 0 Å². The topological polar surface area (TPSA) is 88.0 Å². The quantitative estimate of drug-likeness (QED) is 0.662. The van der Waals surface area contributed by atoms with Crippen molar-refractivity contribution in [2.75, 3.05) is 6.61 Å². The largest absolute Gasteiger partial charge is 0.407 e. The van der Waals surface area contributed by atoms with E-state index in [1.54, 1.807) is 0 Å². The maximum atomic E-state index is 11.3. The predicted molar refractivity (Wildman–Crippen MR) is 77.6 cm³/mol. The van der Waals surface area contributed by atoms with Crippen LogP contribution in [-0.4, -0.2) is 55.6 Å². The number of hydrogen-bond donors (Lipinski definition) is 3. The molecule has 1 amide bonds. The van der Waals surface area contributed by atoms with Gasteiger partial charge in [-0.25, -0.2) is 0 Å². The predicted octanol–water partition coefficient (Wildman–Crippen LogP) is 0.591. The number of amides is 1. The van der Waals surface area contributed by atoms with E-state index in [0.717, 1.165) is 0 Å². The summed E-state index contributed by atoms with van der Waals surface area (Å²) in [5, 5.41) is 22.0. The molecule has 0 saturated carbocycles. The molecule has 0 bridgehead atoms. The first kappa shape index (κ1) is 17.6. The van der Waals surface area contributed by atoms with Crippen LogP contribution in [-0.2, 0) is 14.0 Å². The lowest BCUT2D eigenvalue weighted by Gasteiger charge is -2.40. The Labute approximate surface area is 121 Å². The molecule has 20 heavy (non-hydrogen) atoms. The third-order valence-corrected chi connectivity index (χ3v) is 8.61. The lowest BCUT2D eigenvalue weighted by atomic mass is 10.1. The maximum Gasteiger partial charge on any atom is 0.217 e. The molecule has 0 aliphatic carbocycles. The molecule has 0 spiro atoms. The second-order valence-electron chi connectivity index (χ2n) is 6.82. The first-order chi connectivity index (χ1) is 8.99. The van der Waals surface area contributed by atoms with Gasteiger partial charge in [0.15, 0.2) is 14.6 Å². The van der Waals surface area contributed by atoms with E-state index >= 15 is 0 Å². The molecule has 1 aliphatic rings. The Hall–Kier alpha value is -0.473. The van der Waals surface area contributed by atoms with Gasteiger partial charge in [-0.2, -0.15) is 0 Å². The first-order valence-electron chi connectivity index (χ1n) is 6.89. The summed E-state index contributed by atoms with van der Waals surface area (Å²) in [5.74, 6) is -0.241. The van der Waals surface area contributed by atoms with Crippen molar-refractivity contribution in [2.24, 2.45) is 0 Å². The molecule has 1 aliphatic heterocycles. The smallest absolute Gasteiger partial charge is 0.217 e. The number of ether oxygens (including phenoxy) is 1. The van der Waals surface area contributed by atoms with Crippen LogP contribution in [0.25, 0.3) is 0 Å². The molecular weight excluding hydrogens is 278 g/mol.